The first-order valence-electron chi connectivity index (χ1n) is 8.00. The molecular formula is C20H14ClN3OS. The van der Waals surface area contributed by atoms with Crippen molar-refractivity contribution in [3.8, 4) is 0 Å². The van der Waals surface area contributed by atoms with Gasteiger partial charge in [-0.1, -0.05) is 29.8 Å². The molecule has 0 fully saturated rings. The van der Waals surface area contributed by atoms with Crippen molar-refractivity contribution in [3.63, 3.8) is 0 Å². The number of hydrogen-bond donors (Lipinski definition) is 1. The molecule has 0 bridgehead atoms. The molecule has 1 N–H and O–H groups in total. The van der Waals surface area contributed by atoms with Gasteiger partial charge < -0.3 is 5.32 Å². The number of nitrogens with one attached hydrogen (secondary N) is 1. The van der Waals surface area contributed by atoms with Crippen LogP contribution in [0.2, 0.25) is 5.02 Å². The molecule has 0 aliphatic carbocycles. The number of benzene rings is 2. The molecule has 0 saturated heterocycles. The minimum atomic E-state index is -0.256. The average Bonchev–Trinajstić information content (AvgIpc) is 2.96. The van der Waals surface area contributed by atoms with Crippen LogP contribution >= 0.6 is 23.4 Å². The molecule has 128 valence electrons. The first kappa shape index (κ1) is 16.8. The molecule has 4 nitrogen and oxygen atoms in total. The molecule has 6 heteroatoms. The summed E-state index contributed by atoms with van der Waals surface area (Å²) in [6, 6.07) is 15.3. The third-order valence-electron chi connectivity index (χ3n) is 3.95. The highest BCUT2D eigenvalue weighted by Gasteiger charge is 2.22. The van der Waals surface area contributed by atoms with E-state index in [0.29, 0.717) is 15.1 Å². The van der Waals surface area contributed by atoms with E-state index in [1.165, 1.54) is 11.8 Å². The second kappa shape index (κ2) is 6.94. The highest BCUT2D eigenvalue weighted by molar-refractivity contribution is 8.18. The van der Waals surface area contributed by atoms with Crippen LogP contribution < -0.4 is 5.32 Å². The predicted molar refractivity (Wildman–Crippen MR) is 110 cm³/mol. The van der Waals surface area contributed by atoms with E-state index in [9.17, 15) is 4.79 Å². The molecule has 0 radical (unpaired) electrons. The summed E-state index contributed by atoms with van der Waals surface area (Å²) in [5, 5.41) is 5.26. The maximum Gasteiger partial charge on any atom is 0.286 e. The molecule has 1 aromatic heterocycles. The summed E-state index contributed by atoms with van der Waals surface area (Å²) in [6.07, 6.45) is 3.64. The molecule has 0 saturated carbocycles. The third-order valence-corrected chi connectivity index (χ3v) is 5.18. The first-order valence-corrected chi connectivity index (χ1v) is 9.19. The Morgan fingerprint density at radius 1 is 1.15 bits per heavy atom. The Morgan fingerprint density at radius 3 is 2.85 bits per heavy atom. The quantitative estimate of drug-likeness (QED) is 0.615. The zero-order valence-electron chi connectivity index (χ0n) is 13.9. The van der Waals surface area contributed by atoms with Crippen molar-refractivity contribution in [2.24, 2.45) is 4.99 Å². The molecule has 1 aliphatic heterocycles. The number of aromatic nitrogens is 1. The van der Waals surface area contributed by atoms with Gasteiger partial charge in [0.05, 0.1) is 21.1 Å². The fourth-order valence-electron chi connectivity index (χ4n) is 2.78. The van der Waals surface area contributed by atoms with Gasteiger partial charge in [0.15, 0.2) is 5.17 Å². The number of carbonyl (C=O) groups is 1. The number of halogens is 1. The molecule has 3 aromatic rings. The maximum absolute atomic E-state index is 12.3. The molecule has 1 aliphatic rings. The van der Waals surface area contributed by atoms with Crippen molar-refractivity contribution in [2.75, 3.05) is 5.32 Å². The van der Waals surface area contributed by atoms with Gasteiger partial charge >= 0.3 is 0 Å². The molecule has 2 heterocycles. The standard InChI is InChI=1S/C20H14ClN3OS/c1-12-9-13(10-14-5-4-8-22-18(12)14)11-17-19(25)24-20(26-17)23-16-7-3-2-6-15(16)21/h2-11H,1H3,(H,23,24,25)/b17-11-. The Labute approximate surface area is 160 Å². The number of anilines is 1. The predicted octanol–water partition coefficient (Wildman–Crippen LogP) is 5.28. The minimum Gasteiger partial charge on any atom is -0.333 e. The Bertz CT molecular complexity index is 1090. The highest BCUT2D eigenvalue weighted by atomic mass is 35.5. The van der Waals surface area contributed by atoms with E-state index < -0.39 is 0 Å². The van der Waals surface area contributed by atoms with E-state index in [0.717, 1.165) is 27.7 Å². The van der Waals surface area contributed by atoms with E-state index in [1.54, 1.807) is 12.3 Å². The summed E-state index contributed by atoms with van der Waals surface area (Å²) in [6.45, 7) is 2.02. The number of pyridine rings is 1. The van der Waals surface area contributed by atoms with Crippen molar-refractivity contribution in [3.05, 3.63) is 75.8 Å². The van der Waals surface area contributed by atoms with Gasteiger partial charge in [-0.25, -0.2) is 0 Å². The maximum atomic E-state index is 12.3. The van der Waals surface area contributed by atoms with Crippen molar-refractivity contribution in [2.45, 2.75) is 6.92 Å². The Balaban J connectivity index is 1.60. The normalized spacial score (nSPS) is 15.5. The smallest absolute Gasteiger partial charge is 0.286 e. The number of rotatable bonds is 2. The summed E-state index contributed by atoms with van der Waals surface area (Å²) in [5.41, 5.74) is 3.72. The van der Waals surface area contributed by atoms with Crippen molar-refractivity contribution >= 4 is 57.1 Å². The topological polar surface area (TPSA) is 54.4 Å². The lowest BCUT2D eigenvalue weighted by atomic mass is 10.1. The van der Waals surface area contributed by atoms with Crippen LogP contribution in [0, 0.1) is 6.92 Å². The Morgan fingerprint density at radius 2 is 2.00 bits per heavy atom. The zero-order chi connectivity index (χ0) is 18.1. The average molecular weight is 380 g/mol. The zero-order valence-corrected chi connectivity index (χ0v) is 15.4. The molecule has 26 heavy (non-hydrogen) atoms. The van der Waals surface area contributed by atoms with E-state index in [4.69, 9.17) is 11.6 Å². The largest absolute Gasteiger partial charge is 0.333 e. The minimum absolute atomic E-state index is 0.256. The van der Waals surface area contributed by atoms with E-state index in [-0.39, 0.29) is 5.91 Å². The van der Waals surface area contributed by atoms with Gasteiger partial charge in [0, 0.05) is 11.6 Å². The highest BCUT2D eigenvalue weighted by Crippen LogP contribution is 2.31. The summed E-state index contributed by atoms with van der Waals surface area (Å²) < 4.78 is 0. The van der Waals surface area contributed by atoms with Crippen LogP contribution in [0.15, 0.2) is 64.6 Å². The molecule has 0 atom stereocenters. The van der Waals surface area contributed by atoms with Gasteiger partial charge in [0.2, 0.25) is 0 Å². The lowest BCUT2D eigenvalue weighted by Gasteiger charge is -2.06. The number of amidine groups is 1. The molecule has 4 rings (SSSR count). The fourth-order valence-corrected chi connectivity index (χ4v) is 3.79. The van der Waals surface area contributed by atoms with Crippen molar-refractivity contribution < 1.29 is 4.79 Å². The number of amides is 1. The van der Waals surface area contributed by atoms with Crippen molar-refractivity contribution in [1.29, 1.82) is 0 Å². The summed E-state index contributed by atoms with van der Waals surface area (Å²) in [4.78, 5) is 21.3. The Hall–Kier alpha value is -2.63. The Kier molecular flexibility index (Phi) is 4.49. The number of para-hydroxylation sites is 1. The molecule has 2 aromatic carbocycles. The number of hydrogen-bond acceptors (Lipinski definition) is 4. The van der Waals surface area contributed by atoms with E-state index in [1.807, 2.05) is 55.5 Å². The summed E-state index contributed by atoms with van der Waals surface area (Å²) in [7, 11) is 0. The lowest BCUT2D eigenvalue weighted by molar-refractivity contribution is -0.113. The van der Waals surface area contributed by atoms with Crippen LogP contribution in [0.4, 0.5) is 5.69 Å². The number of nitrogens with zero attached hydrogens (tertiary/aromatic N) is 2. The molecule has 0 spiro atoms. The van der Waals surface area contributed by atoms with Crippen LogP contribution in [0.5, 0.6) is 0 Å². The van der Waals surface area contributed by atoms with Crippen LogP contribution in [-0.2, 0) is 4.79 Å². The fraction of sp³-hybridized carbons (Fsp3) is 0.0500. The van der Waals surface area contributed by atoms with Crippen LogP contribution in [-0.4, -0.2) is 16.1 Å². The third kappa shape index (κ3) is 3.36. The van der Waals surface area contributed by atoms with Gasteiger partial charge in [-0.05, 0) is 66.2 Å². The van der Waals surface area contributed by atoms with E-state index >= 15 is 0 Å². The van der Waals surface area contributed by atoms with Crippen molar-refractivity contribution in [1.82, 2.24) is 4.98 Å². The second-order valence-electron chi connectivity index (χ2n) is 5.85. The van der Waals surface area contributed by atoms with Gasteiger partial charge in [0.25, 0.3) is 5.91 Å². The number of thioether (sulfide) groups is 1. The lowest BCUT2D eigenvalue weighted by Crippen LogP contribution is -2.04. The molecule has 1 amide bonds. The number of aliphatic imine (C=N–C) groups is 1. The van der Waals surface area contributed by atoms with Gasteiger partial charge in [0.1, 0.15) is 0 Å². The number of aryl methyl sites for hydroxylation is 1. The van der Waals surface area contributed by atoms with Crippen LogP contribution in [0.3, 0.4) is 0 Å². The SMILES string of the molecule is Cc1cc(/C=C2\SC(Nc3ccccc3Cl)=NC2=O)cc2cccnc12. The molecule has 0 unspecified atom stereocenters. The van der Waals surface area contributed by atoms with Gasteiger partial charge in [-0.15, -0.1) is 0 Å². The second-order valence-corrected chi connectivity index (χ2v) is 7.29. The number of fused-ring (bicyclic) bond motifs is 1. The monoisotopic (exact) mass is 379 g/mol. The first-order chi connectivity index (χ1) is 12.6. The summed E-state index contributed by atoms with van der Waals surface area (Å²) in [5.74, 6) is -0.256. The van der Waals surface area contributed by atoms with Crippen LogP contribution in [0.25, 0.3) is 17.0 Å². The number of carbonyl (C=O) groups excluding carboxylic acids is 1. The summed E-state index contributed by atoms with van der Waals surface area (Å²) >= 11 is 7.45. The van der Waals surface area contributed by atoms with Gasteiger partial charge in [-0.3, -0.25) is 9.78 Å². The van der Waals surface area contributed by atoms with Crippen LogP contribution in [0.1, 0.15) is 11.1 Å². The van der Waals surface area contributed by atoms with E-state index in [2.05, 4.69) is 15.3 Å². The van der Waals surface area contributed by atoms with Gasteiger partial charge in [-0.2, -0.15) is 4.99 Å². The molecular weight excluding hydrogens is 366 g/mol.